The quantitative estimate of drug-likeness (QED) is 0.705. The maximum atomic E-state index is 12.0. The Kier molecular flexibility index (Phi) is 6.83. The molecule has 0 radical (unpaired) electrons. The molecule has 2 rings (SSSR count). The molecule has 5 nitrogen and oxygen atoms in total. The van der Waals surface area contributed by atoms with Gasteiger partial charge in [-0.05, 0) is 60.9 Å². The smallest absolute Gasteiger partial charge is 0.262 e. The standard InChI is InChI=1S/C19H17BrClNO4/c1-11-6-15(7-12(2)18(11)21)26-10-17(23)22-16(19(24)25)9-13-4-3-5-14(20)8-13/h3-9H,10H2,1-2H3,(H,22,23)(H,24,25)/p-1/b16-9+. The van der Waals surface area contributed by atoms with Gasteiger partial charge in [-0.3, -0.25) is 4.79 Å². The molecule has 0 saturated heterocycles. The van der Waals surface area contributed by atoms with Crippen molar-refractivity contribution >= 4 is 45.5 Å². The number of carboxylic acids is 1. The van der Waals surface area contributed by atoms with Gasteiger partial charge in [-0.15, -0.1) is 0 Å². The Bertz CT molecular complexity index is 857. The van der Waals surface area contributed by atoms with Crippen LogP contribution in [-0.2, 0) is 9.59 Å². The molecule has 0 aliphatic heterocycles. The molecule has 0 unspecified atom stereocenters. The zero-order valence-electron chi connectivity index (χ0n) is 14.1. The van der Waals surface area contributed by atoms with Crippen molar-refractivity contribution in [2.75, 3.05) is 6.61 Å². The lowest BCUT2D eigenvalue weighted by molar-refractivity contribution is -0.299. The number of amides is 1. The van der Waals surface area contributed by atoms with E-state index in [0.29, 0.717) is 16.3 Å². The van der Waals surface area contributed by atoms with Gasteiger partial charge in [-0.25, -0.2) is 0 Å². The predicted octanol–water partition coefficient (Wildman–Crippen LogP) is 3.01. The van der Waals surface area contributed by atoms with Crippen molar-refractivity contribution in [2.24, 2.45) is 0 Å². The highest BCUT2D eigenvalue weighted by atomic mass is 79.9. The number of ether oxygens (including phenoxy) is 1. The fourth-order valence-electron chi connectivity index (χ4n) is 2.23. The van der Waals surface area contributed by atoms with Crippen LogP contribution in [0.4, 0.5) is 0 Å². The molecule has 0 bridgehead atoms. The Morgan fingerprint density at radius 2 is 1.88 bits per heavy atom. The molecule has 136 valence electrons. The summed E-state index contributed by atoms with van der Waals surface area (Å²) in [6, 6.07) is 10.4. The largest absolute Gasteiger partial charge is 0.543 e. The van der Waals surface area contributed by atoms with Crippen LogP contribution >= 0.6 is 27.5 Å². The SMILES string of the molecule is Cc1cc(OCC(=O)N/C(=C/c2cccc(Br)c2)C(=O)[O-])cc(C)c1Cl. The number of halogens is 2. The van der Waals surface area contributed by atoms with Crippen LogP contribution in [0.2, 0.25) is 5.02 Å². The highest BCUT2D eigenvalue weighted by Gasteiger charge is 2.09. The van der Waals surface area contributed by atoms with Crippen LogP contribution in [0.25, 0.3) is 6.08 Å². The Morgan fingerprint density at radius 1 is 1.23 bits per heavy atom. The maximum absolute atomic E-state index is 12.0. The molecule has 1 N–H and O–H groups in total. The van der Waals surface area contributed by atoms with E-state index in [1.807, 2.05) is 13.8 Å². The third kappa shape index (κ3) is 5.61. The molecular formula is C19H16BrClNO4-. The van der Waals surface area contributed by atoms with Crippen LogP contribution in [-0.4, -0.2) is 18.5 Å². The van der Waals surface area contributed by atoms with Crippen molar-refractivity contribution in [3.8, 4) is 5.75 Å². The highest BCUT2D eigenvalue weighted by molar-refractivity contribution is 9.10. The van der Waals surface area contributed by atoms with Gasteiger partial charge in [0, 0.05) is 9.50 Å². The van der Waals surface area contributed by atoms with Crippen molar-refractivity contribution in [1.29, 1.82) is 0 Å². The lowest BCUT2D eigenvalue weighted by Crippen LogP contribution is -2.37. The molecule has 0 aromatic heterocycles. The molecule has 0 saturated carbocycles. The zero-order valence-corrected chi connectivity index (χ0v) is 16.5. The van der Waals surface area contributed by atoms with E-state index in [1.54, 1.807) is 36.4 Å². The Balaban J connectivity index is 2.05. The van der Waals surface area contributed by atoms with E-state index >= 15 is 0 Å². The van der Waals surface area contributed by atoms with Crippen LogP contribution in [0, 0.1) is 13.8 Å². The summed E-state index contributed by atoms with van der Waals surface area (Å²) < 4.78 is 6.20. The summed E-state index contributed by atoms with van der Waals surface area (Å²) >= 11 is 9.38. The molecule has 0 spiro atoms. The molecule has 1 amide bonds. The molecular weight excluding hydrogens is 422 g/mol. The molecule has 26 heavy (non-hydrogen) atoms. The van der Waals surface area contributed by atoms with Gasteiger partial charge in [0.2, 0.25) is 0 Å². The second kappa shape index (κ2) is 8.87. The lowest BCUT2D eigenvalue weighted by atomic mass is 10.1. The third-order valence-corrected chi connectivity index (χ3v) is 4.52. The first-order valence-corrected chi connectivity index (χ1v) is 8.81. The van der Waals surface area contributed by atoms with Crippen molar-refractivity contribution in [2.45, 2.75) is 13.8 Å². The summed E-state index contributed by atoms with van der Waals surface area (Å²) in [4.78, 5) is 23.3. The summed E-state index contributed by atoms with van der Waals surface area (Å²) in [5.41, 5.74) is 1.91. The number of nitrogens with one attached hydrogen (secondary N) is 1. The second-order valence-corrected chi connectivity index (χ2v) is 6.90. The molecule has 0 aliphatic rings. The van der Waals surface area contributed by atoms with E-state index in [0.717, 1.165) is 15.6 Å². The number of aryl methyl sites for hydroxylation is 2. The van der Waals surface area contributed by atoms with Crippen LogP contribution in [0.5, 0.6) is 5.75 Å². The Labute approximate surface area is 164 Å². The van der Waals surface area contributed by atoms with Gasteiger partial charge in [0.1, 0.15) is 5.75 Å². The van der Waals surface area contributed by atoms with Crippen LogP contribution in [0.3, 0.4) is 0 Å². The average Bonchev–Trinajstić information content (AvgIpc) is 2.57. The number of carbonyl (C=O) groups is 2. The van der Waals surface area contributed by atoms with E-state index in [2.05, 4.69) is 21.2 Å². The van der Waals surface area contributed by atoms with Gasteiger partial charge in [-0.2, -0.15) is 0 Å². The van der Waals surface area contributed by atoms with Gasteiger partial charge < -0.3 is 20.0 Å². The number of hydrogen-bond donors (Lipinski definition) is 1. The summed E-state index contributed by atoms with van der Waals surface area (Å²) in [6.07, 6.45) is 1.31. The molecule has 0 atom stereocenters. The van der Waals surface area contributed by atoms with Gasteiger partial charge >= 0.3 is 0 Å². The fourth-order valence-corrected chi connectivity index (χ4v) is 2.76. The van der Waals surface area contributed by atoms with Gasteiger partial charge in [-0.1, -0.05) is 39.7 Å². The maximum Gasteiger partial charge on any atom is 0.262 e. The van der Waals surface area contributed by atoms with E-state index in [4.69, 9.17) is 16.3 Å². The van der Waals surface area contributed by atoms with E-state index < -0.39 is 11.9 Å². The third-order valence-electron chi connectivity index (χ3n) is 3.43. The van der Waals surface area contributed by atoms with Gasteiger partial charge in [0.15, 0.2) is 6.61 Å². The van der Waals surface area contributed by atoms with E-state index in [9.17, 15) is 14.7 Å². The number of carbonyl (C=O) groups excluding carboxylic acids is 2. The monoisotopic (exact) mass is 436 g/mol. The predicted molar refractivity (Wildman–Crippen MR) is 102 cm³/mol. The van der Waals surface area contributed by atoms with Crippen LogP contribution in [0.15, 0.2) is 46.6 Å². The topological polar surface area (TPSA) is 78.5 Å². The summed E-state index contributed by atoms with van der Waals surface area (Å²) in [6.45, 7) is 3.32. The Morgan fingerprint density at radius 3 is 2.46 bits per heavy atom. The first-order chi connectivity index (χ1) is 12.3. The Hall–Kier alpha value is -2.31. The second-order valence-electron chi connectivity index (χ2n) is 5.61. The summed E-state index contributed by atoms with van der Waals surface area (Å²) in [5, 5.41) is 14.2. The van der Waals surface area contributed by atoms with E-state index in [-0.39, 0.29) is 12.3 Å². The fraction of sp³-hybridized carbons (Fsp3) is 0.158. The average molecular weight is 438 g/mol. The van der Waals surface area contributed by atoms with Crippen molar-refractivity contribution in [3.63, 3.8) is 0 Å². The van der Waals surface area contributed by atoms with E-state index in [1.165, 1.54) is 6.08 Å². The van der Waals surface area contributed by atoms with Crippen LogP contribution in [0.1, 0.15) is 16.7 Å². The van der Waals surface area contributed by atoms with Crippen LogP contribution < -0.4 is 15.2 Å². The number of carboxylic acid groups (broad SMARTS) is 1. The molecule has 7 heteroatoms. The normalized spacial score (nSPS) is 11.2. The lowest BCUT2D eigenvalue weighted by Gasteiger charge is -2.13. The minimum atomic E-state index is -1.49. The highest BCUT2D eigenvalue weighted by Crippen LogP contribution is 2.25. The van der Waals surface area contributed by atoms with Crippen molar-refractivity contribution < 1.29 is 19.4 Å². The molecule has 0 heterocycles. The van der Waals surface area contributed by atoms with Crippen molar-refractivity contribution in [3.05, 3.63) is 68.3 Å². The molecule has 0 fully saturated rings. The summed E-state index contributed by atoms with van der Waals surface area (Å²) in [5.74, 6) is -1.62. The minimum absolute atomic E-state index is 0.344. The number of hydrogen-bond acceptors (Lipinski definition) is 4. The van der Waals surface area contributed by atoms with Gasteiger partial charge in [0.25, 0.3) is 5.91 Å². The molecule has 2 aromatic carbocycles. The van der Waals surface area contributed by atoms with Gasteiger partial charge in [0.05, 0.1) is 11.7 Å². The molecule has 2 aromatic rings. The summed E-state index contributed by atoms with van der Waals surface area (Å²) in [7, 11) is 0. The zero-order chi connectivity index (χ0) is 19.3. The first-order valence-electron chi connectivity index (χ1n) is 7.64. The first kappa shape index (κ1) is 20.0. The number of aliphatic carboxylic acids is 1. The molecule has 0 aliphatic carbocycles. The van der Waals surface area contributed by atoms with Crippen molar-refractivity contribution in [1.82, 2.24) is 5.32 Å². The number of rotatable bonds is 6. The number of benzene rings is 2. The minimum Gasteiger partial charge on any atom is -0.543 e.